The van der Waals surface area contributed by atoms with E-state index in [4.69, 9.17) is 5.73 Å². The van der Waals surface area contributed by atoms with Crippen molar-refractivity contribution in [2.24, 2.45) is 5.73 Å². The SMILES string of the molecule is COC(=O)CC(=O)Nc1sc2c(c1C(N)=O)CCCC2. The molecule has 0 radical (unpaired) electrons. The molecule has 2 rings (SSSR count). The van der Waals surface area contributed by atoms with Crippen LogP contribution in [0.1, 0.15) is 40.1 Å². The number of primary amides is 1. The fourth-order valence-corrected chi connectivity index (χ4v) is 3.60. The van der Waals surface area contributed by atoms with E-state index in [0.717, 1.165) is 36.1 Å². The van der Waals surface area contributed by atoms with Crippen molar-refractivity contribution < 1.29 is 19.1 Å². The highest BCUT2D eigenvalue weighted by Crippen LogP contribution is 2.37. The molecule has 0 aliphatic heterocycles. The molecule has 0 atom stereocenters. The lowest BCUT2D eigenvalue weighted by Crippen LogP contribution is -2.20. The lowest BCUT2D eigenvalue weighted by atomic mass is 9.95. The molecule has 1 heterocycles. The van der Waals surface area contributed by atoms with Gasteiger partial charge in [-0.15, -0.1) is 11.3 Å². The smallest absolute Gasteiger partial charge is 0.315 e. The number of rotatable bonds is 4. The Balaban J connectivity index is 2.23. The Hall–Kier alpha value is -1.89. The second-order valence-corrected chi connectivity index (χ2v) is 5.69. The average Bonchev–Trinajstić information content (AvgIpc) is 2.75. The molecule has 108 valence electrons. The third kappa shape index (κ3) is 2.98. The van der Waals surface area contributed by atoms with Crippen LogP contribution in [0.4, 0.5) is 5.00 Å². The number of ether oxygens (including phenoxy) is 1. The lowest BCUT2D eigenvalue weighted by molar-refractivity contribution is -0.142. The number of esters is 1. The van der Waals surface area contributed by atoms with Gasteiger partial charge in [0.15, 0.2) is 0 Å². The van der Waals surface area contributed by atoms with Crippen molar-refractivity contribution in [2.75, 3.05) is 12.4 Å². The highest BCUT2D eigenvalue weighted by Gasteiger charge is 2.25. The Morgan fingerprint density at radius 3 is 2.65 bits per heavy atom. The summed E-state index contributed by atoms with van der Waals surface area (Å²) in [7, 11) is 1.22. The Labute approximate surface area is 120 Å². The average molecular weight is 296 g/mol. The van der Waals surface area contributed by atoms with Crippen molar-refractivity contribution in [1.82, 2.24) is 0 Å². The number of carbonyl (C=O) groups is 3. The topological polar surface area (TPSA) is 98.5 Å². The maximum Gasteiger partial charge on any atom is 0.315 e. The fraction of sp³-hybridized carbons (Fsp3) is 0.462. The van der Waals surface area contributed by atoms with E-state index in [0.29, 0.717) is 10.6 Å². The lowest BCUT2D eigenvalue weighted by Gasteiger charge is -2.11. The van der Waals surface area contributed by atoms with Crippen LogP contribution in [0.15, 0.2) is 0 Å². The Morgan fingerprint density at radius 1 is 1.30 bits per heavy atom. The summed E-state index contributed by atoms with van der Waals surface area (Å²) in [5.41, 5.74) is 6.75. The number of fused-ring (bicyclic) bond motifs is 1. The summed E-state index contributed by atoms with van der Waals surface area (Å²) >= 11 is 1.37. The molecule has 0 aromatic carbocycles. The maximum absolute atomic E-state index is 11.7. The number of hydrogen-bond acceptors (Lipinski definition) is 5. The molecule has 1 aliphatic rings. The number of nitrogens with one attached hydrogen (secondary N) is 1. The van der Waals surface area contributed by atoms with Gasteiger partial charge in [-0.2, -0.15) is 0 Å². The summed E-state index contributed by atoms with van der Waals surface area (Å²) in [6.45, 7) is 0. The van der Waals surface area contributed by atoms with Gasteiger partial charge in [-0.3, -0.25) is 14.4 Å². The van der Waals surface area contributed by atoms with Crippen molar-refractivity contribution in [3.63, 3.8) is 0 Å². The van der Waals surface area contributed by atoms with E-state index in [1.807, 2.05) is 0 Å². The molecular weight excluding hydrogens is 280 g/mol. The normalized spacial score (nSPS) is 13.4. The van der Waals surface area contributed by atoms with Crippen molar-refractivity contribution in [3.05, 3.63) is 16.0 Å². The second-order valence-electron chi connectivity index (χ2n) is 4.58. The van der Waals surface area contributed by atoms with Gasteiger partial charge in [0.25, 0.3) is 5.91 Å². The van der Waals surface area contributed by atoms with Crippen LogP contribution in [0, 0.1) is 0 Å². The predicted molar refractivity (Wildman–Crippen MR) is 74.7 cm³/mol. The van der Waals surface area contributed by atoms with Crippen LogP contribution in [-0.2, 0) is 27.2 Å². The second kappa shape index (κ2) is 6.04. The summed E-state index contributed by atoms with van der Waals surface area (Å²) in [5, 5.41) is 3.04. The van der Waals surface area contributed by atoms with Crippen molar-refractivity contribution in [3.8, 4) is 0 Å². The zero-order valence-electron chi connectivity index (χ0n) is 11.2. The van der Waals surface area contributed by atoms with Gasteiger partial charge < -0.3 is 15.8 Å². The Kier molecular flexibility index (Phi) is 4.39. The third-order valence-electron chi connectivity index (χ3n) is 3.20. The van der Waals surface area contributed by atoms with Crippen molar-refractivity contribution in [1.29, 1.82) is 0 Å². The molecule has 2 amide bonds. The van der Waals surface area contributed by atoms with Crippen LogP contribution >= 0.6 is 11.3 Å². The molecule has 1 aromatic heterocycles. The molecule has 0 saturated carbocycles. The van der Waals surface area contributed by atoms with Crippen LogP contribution < -0.4 is 11.1 Å². The van der Waals surface area contributed by atoms with Gasteiger partial charge in [-0.1, -0.05) is 0 Å². The first-order chi connectivity index (χ1) is 9.52. The minimum Gasteiger partial charge on any atom is -0.469 e. The highest BCUT2D eigenvalue weighted by atomic mass is 32.1. The number of carbonyl (C=O) groups excluding carboxylic acids is 3. The monoisotopic (exact) mass is 296 g/mol. The number of amides is 2. The molecule has 7 heteroatoms. The van der Waals surface area contributed by atoms with Crippen LogP contribution in [0.3, 0.4) is 0 Å². The molecule has 6 nitrogen and oxygen atoms in total. The molecule has 0 saturated heterocycles. The van der Waals surface area contributed by atoms with E-state index in [-0.39, 0.29) is 6.42 Å². The van der Waals surface area contributed by atoms with E-state index in [9.17, 15) is 14.4 Å². The molecule has 0 fully saturated rings. The van der Waals surface area contributed by atoms with Gasteiger partial charge in [-0.05, 0) is 31.2 Å². The first kappa shape index (κ1) is 14.5. The van der Waals surface area contributed by atoms with Gasteiger partial charge in [-0.25, -0.2) is 0 Å². The minimum absolute atomic E-state index is 0.378. The summed E-state index contributed by atoms with van der Waals surface area (Å²) in [5.74, 6) is -1.67. The van der Waals surface area contributed by atoms with Gasteiger partial charge in [0.05, 0.1) is 12.7 Å². The number of nitrogens with two attached hydrogens (primary N) is 1. The number of aryl methyl sites for hydroxylation is 1. The van der Waals surface area contributed by atoms with E-state index >= 15 is 0 Å². The first-order valence-electron chi connectivity index (χ1n) is 6.34. The zero-order chi connectivity index (χ0) is 14.7. The molecular formula is C13H16N2O4S. The van der Waals surface area contributed by atoms with E-state index in [1.54, 1.807) is 0 Å². The zero-order valence-corrected chi connectivity index (χ0v) is 12.0. The maximum atomic E-state index is 11.7. The van der Waals surface area contributed by atoms with Crippen molar-refractivity contribution in [2.45, 2.75) is 32.1 Å². The molecule has 3 N–H and O–H groups in total. The predicted octanol–water partition coefficient (Wildman–Crippen LogP) is 1.23. The number of anilines is 1. The van der Waals surface area contributed by atoms with Crippen LogP contribution in [0.25, 0.3) is 0 Å². The summed E-state index contributed by atoms with van der Waals surface area (Å²) in [6.07, 6.45) is 3.40. The van der Waals surface area contributed by atoms with Crippen LogP contribution in [0.2, 0.25) is 0 Å². The number of thiophene rings is 1. The van der Waals surface area contributed by atoms with Crippen molar-refractivity contribution >= 4 is 34.1 Å². The molecule has 0 unspecified atom stereocenters. The largest absolute Gasteiger partial charge is 0.469 e. The molecule has 1 aliphatic carbocycles. The van der Waals surface area contributed by atoms with Gasteiger partial charge in [0.2, 0.25) is 5.91 Å². The van der Waals surface area contributed by atoms with Gasteiger partial charge >= 0.3 is 5.97 Å². The van der Waals surface area contributed by atoms with E-state index in [1.165, 1.54) is 18.4 Å². The highest BCUT2D eigenvalue weighted by molar-refractivity contribution is 7.17. The third-order valence-corrected chi connectivity index (χ3v) is 4.41. The number of methoxy groups -OCH3 is 1. The van der Waals surface area contributed by atoms with Gasteiger partial charge in [0.1, 0.15) is 11.4 Å². The Morgan fingerprint density at radius 2 is 2.00 bits per heavy atom. The van der Waals surface area contributed by atoms with E-state index < -0.39 is 17.8 Å². The molecule has 1 aromatic rings. The standard InChI is InChI=1S/C13H16N2O4S/c1-19-10(17)6-9(16)15-13-11(12(14)18)7-4-2-3-5-8(7)20-13/h2-6H2,1H3,(H2,14,18)(H,15,16). The minimum atomic E-state index is -0.621. The summed E-state index contributed by atoms with van der Waals surface area (Å²) < 4.78 is 4.43. The molecule has 0 spiro atoms. The first-order valence-corrected chi connectivity index (χ1v) is 7.15. The summed E-state index contributed by atoms with van der Waals surface area (Å²) in [4.78, 5) is 35.5. The van der Waals surface area contributed by atoms with Crippen LogP contribution in [0.5, 0.6) is 0 Å². The summed E-state index contributed by atoms with van der Waals surface area (Å²) in [6, 6.07) is 0. The quantitative estimate of drug-likeness (QED) is 0.645. The van der Waals surface area contributed by atoms with E-state index in [2.05, 4.69) is 10.1 Å². The fourth-order valence-electron chi connectivity index (χ4n) is 2.29. The van der Waals surface area contributed by atoms with Crippen LogP contribution in [-0.4, -0.2) is 24.9 Å². The molecule has 20 heavy (non-hydrogen) atoms. The number of hydrogen-bond donors (Lipinski definition) is 2. The van der Waals surface area contributed by atoms with Gasteiger partial charge in [0, 0.05) is 4.88 Å². The molecule has 0 bridgehead atoms. The Bertz CT molecular complexity index is 565.